The Labute approximate surface area is 135 Å². The molecule has 0 spiro atoms. The van der Waals surface area contributed by atoms with Crippen molar-refractivity contribution in [3.05, 3.63) is 22.4 Å². The van der Waals surface area contributed by atoms with Crippen LogP contribution < -0.4 is 10.6 Å². The van der Waals surface area contributed by atoms with Crippen molar-refractivity contribution in [2.75, 3.05) is 26.7 Å². The molecule has 2 heterocycles. The van der Waals surface area contributed by atoms with E-state index in [1.807, 2.05) is 23.4 Å². The fourth-order valence-corrected chi connectivity index (χ4v) is 3.13. The lowest BCUT2D eigenvalue weighted by Gasteiger charge is -2.21. The molecule has 0 saturated carbocycles. The minimum atomic E-state index is -0.474. The predicted octanol–water partition coefficient (Wildman–Crippen LogP) is 1.36. The summed E-state index contributed by atoms with van der Waals surface area (Å²) in [6.07, 6.45) is 1.03. The third-order valence-electron chi connectivity index (χ3n) is 3.55. The summed E-state index contributed by atoms with van der Waals surface area (Å²) >= 11 is 1.38. The summed E-state index contributed by atoms with van der Waals surface area (Å²) < 4.78 is 0. The minimum Gasteiger partial charge on any atom is -0.341 e. The molecule has 2 rings (SSSR count). The van der Waals surface area contributed by atoms with Gasteiger partial charge in [-0.1, -0.05) is 6.07 Å². The first-order valence-corrected chi connectivity index (χ1v) is 7.77. The van der Waals surface area contributed by atoms with Crippen molar-refractivity contribution in [2.24, 2.45) is 5.92 Å². The Balaban J connectivity index is 0.00000220. The Hall–Kier alpha value is -1.11. The van der Waals surface area contributed by atoms with Gasteiger partial charge in [0.1, 0.15) is 6.04 Å². The number of carbonyl (C=O) groups is 2. The minimum absolute atomic E-state index is 0. The second-order valence-corrected chi connectivity index (χ2v) is 6.12. The molecule has 21 heavy (non-hydrogen) atoms. The van der Waals surface area contributed by atoms with Crippen molar-refractivity contribution >= 4 is 35.6 Å². The standard InChI is InChI=1S/C14H21N3O2S.ClH/c1-10(16-13(18)12-4-3-7-20-12)14(19)17-6-5-11(9-17)8-15-2;/h3-4,7,10-11,15H,5-6,8-9H2,1-2H3,(H,16,18);1H. The summed E-state index contributed by atoms with van der Waals surface area (Å²) in [4.78, 5) is 26.7. The molecule has 118 valence electrons. The van der Waals surface area contributed by atoms with Crippen LogP contribution in [-0.2, 0) is 4.79 Å². The van der Waals surface area contributed by atoms with Crippen molar-refractivity contribution in [2.45, 2.75) is 19.4 Å². The number of likely N-dealkylation sites (tertiary alicyclic amines) is 1. The monoisotopic (exact) mass is 331 g/mol. The summed E-state index contributed by atoms with van der Waals surface area (Å²) in [5.74, 6) is 0.351. The number of nitrogens with one attached hydrogen (secondary N) is 2. The van der Waals surface area contributed by atoms with Crippen LogP contribution in [0.5, 0.6) is 0 Å². The van der Waals surface area contributed by atoms with Gasteiger partial charge in [-0.2, -0.15) is 0 Å². The molecule has 2 atom stereocenters. The number of hydrogen-bond acceptors (Lipinski definition) is 4. The van der Waals surface area contributed by atoms with E-state index in [0.717, 1.165) is 26.1 Å². The molecule has 1 aliphatic rings. The average Bonchev–Trinajstić information content (AvgIpc) is 3.09. The van der Waals surface area contributed by atoms with Crippen LogP contribution >= 0.6 is 23.7 Å². The molecule has 0 aliphatic carbocycles. The van der Waals surface area contributed by atoms with Crippen LogP contribution in [0, 0.1) is 5.92 Å². The highest BCUT2D eigenvalue weighted by molar-refractivity contribution is 7.12. The lowest BCUT2D eigenvalue weighted by Crippen LogP contribution is -2.46. The Morgan fingerprint density at radius 1 is 1.52 bits per heavy atom. The lowest BCUT2D eigenvalue weighted by atomic mass is 10.1. The molecule has 0 aromatic carbocycles. The van der Waals surface area contributed by atoms with Gasteiger partial charge in [-0.15, -0.1) is 23.7 Å². The van der Waals surface area contributed by atoms with Gasteiger partial charge < -0.3 is 15.5 Å². The van der Waals surface area contributed by atoms with E-state index >= 15 is 0 Å². The third kappa shape index (κ3) is 4.69. The Kier molecular flexibility index (Phi) is 7.14. The highest BCUT2D eigenvalue weighted by atomic mass is 35.5. The van der Waals surface area contributed by atoms with Crippen LogP contribution in [0.2, 0.25) is 0 Å². The fraction of sp³-hybridized carbons (Fsp3) is 0.571. The summed E-state index contributed by atoms with van der Waals surface area (Å²) in [6, 6.07) is 3.11. The SMILES string of the molecule is CNCC1CCN(C(=O)C(C)NC(=O)c2cccs2)C1.Cl. The van der Waals surface area contributed by atoms with E-state index in [9.17, 15) is 9.59 Å². The van der Waals surface area contributed by atoms with Gasteiger partial charge in [-0.3, -0.25) is 9.59 Å². The van der Waals surface area contributed by atoms with Crippen LogP contribution in [0.3, 0.4) is 0 Å². The number of halogens is 1. The molecule has 1 aromatic heterocycles. The van der Waals surface area contributed by atoms with Gasteiger partial charge in [-0.05, 0) is 44.3 Å². The van der Waals surface area contributed by atoms with E-state index in [1.54, 1.807) is 13.0 Å². The van der Waals surface area contributed by atoms with Crippen LogP contribution in [0.1, 0.15) is 23.0 Å². The first-order valence-electron chi connectivity index (χ1n) is 6.89. The first kappa shape index (κ1) is 17.9. The molecule has 5 nitrogen and oxygen atoms in total. The van der Waals surface area contributed by atoms with Gasteiger partial charge >= 0.3 is 0 Å². The van der Waals surface area contributed by atoms with Crippen LogP contribution in [0.15, 0.2) is 17.5 Å². The molecule has 0 bridgehead atoms. The summed E-state index contributed by atoms with van der Waals surface area (Å²) in [5, 5.41) is 7.76. The van der Waals surface area contributed by atoms with Gasteiger partial charge in [0.15, 0.2) is 0 Å². The average molecular weight is 332 g/mol. The quantitative estimate of drug-likeness (QED) is 0.856. The number of amides is 2. The summed E-state index contributed by atoms with van der Waals surface area (Å²) in [6.45, 7) is 4.24. The van der Waals surface area contributed by atoms with E-state index in [0.29, 0.717) is 10.8 Å². The lowest BCUT2D eigenvalue weighted by molar-refractivity contribution is -0.131. The molecule has 0 radical (unpaired) electrons. The van der Waals surface area contributed by atoms with Gasteiger partial charge in [-0.25, -0.2) is 0 Å². The highest BCUT2D eigenvalue weighted by Gasteiger charge is 2.29. The number of hydrogen-bond donors (Lipinski definition) is 2. The Morgan fingerprint density at radius 2 is 2.29 bits per heavy atom. The second kappa shape index (κ2) is 8.36. The molecule has 7 heteroatoms. The topological polar surface area (TPSA) is 61.4 Å². The molecule has 2 N–H and O–H groups in total. The van der Waals surface area contributed by atoms with E-state index in [-0.39, 0.29) is 24.2 Å². The third-order valence-corrected chi connectivity index (χ3v) is 4.42. The van der Waals surface area contributed by atoms with Crippen molar-refractivity contribution in [1.29, 1.82) is 0 Å². The van der Waals surface area contributed by atoms with E-state index in [2.05, 4.69) is 10.6 Å². The number of nitrogens with zero attached hydrogens (tertiary/aromatic N) is 1. The summed E-state index contributed by atoms with van der Waals surface area (Å²) in [7, 11) is 1.92. The largest absolute Gasteiger partial charge is 0.341 e. The van der Waals surface area contributed by atoms with E-state index in [1.165, 1.54) is 11.3 Å². The van der Waals surface area contributed by atoms with Crippen LogP contribution in [-0.4, -0.2) is 49.4 Å². The Morgan fingerprint density at radius 3 is 2.90 bits per heavy atom. The zero-order chi connectivity index (χ0) is 14.5. The van der Waals surface area contributed by atoms with E-state index in [4.69, 9.17) is 0 Å². The van der Waals surface area contributed by atoms with Crippen molar-refractivity contribution in [3.63, 3.8) is 0 Å². The molecule has 2 amide bonds. The molecular weight excluding hydrogens is 310 g/mol. The maximum absolute atomic E-state index is 12.3. The first-order chi connectivity index (χ1) is 9.61. The highest BCUT2D eigenvalue weighted by Crippen LogP contribution is 2.16. The summed E-state index contributed by atoms with van der Waals surface area (Å²) in [5.41, 5.74) is 0. The van der Waals surface area contributed by atoms with Crippen molar-refractivity contribution in [1.82, 2.24) is 15.5 Å². The number of thiophene rings is 1. The second-order valence-electron chi connectivity index (χ2n) is 5.17. The smallest absolute Gasteiger partial charge is 0.261 e. The maximum Gasteiger partial charge on any atom is 0.261 e. The molecular formula is C14H22ClN3O2S. The number of carbonyl (C=O) groups excluding carboxylic acids is 2. The Bertz CT molecular complexity index is 467. The maximum atomic E-state index is 12.3. The molecule has 1 aromatic rings. The van der Waals surface area contributed by atoms with Gasteiger partial charge in [0, 0.05) is 13.1 Å². The van der Waals surface area contributed by atoms with Crippen LogP contribution in [0.25, 0.3) is 0 Å². The molecule has 1 aliphatic heterocycles. The zero-order valence-electron chi connectivity index (χ0n) is 12.3. The van der Waals surface area contributed by atoms with Crippen molar-refractivity contribution < 1.29 is 9.59 Å². The van der Waals surface area contributed by atoms with Crippen LogP contribution in [0.4, 0.5) is 0 Å². The normalized spacial score (nSPS) is 19.0. The molecule has 1 saturated heterocycles. The molecule has 2 unspecified atom stereocenters. The van der Waals surface area contributed by atoms with Gasteiger partial charge in [0.05, 0.1) is 4.88 Å². The fourth-order valence-electron chi connectivity index (χ4n) is 2.50. The van der Waals surface area contributed by atoms with Gasteiger partial charge in [0.2, 0.25) is 5.91 Å². The van der Waals surface area contributed by atoms with Crippen molar-refractivity contribution in [3.8, 4) is 0 Å². The van der Waals surface area contributed by atoms with E-state index < -0.39 is 6.04 Å². The van der Waals surface area contributed by atoms with Gasteiger partial charge in [0.25, 0.3) is 5.91 Å². The molecule has 1 fully saturated rings. The predicted molar refractivity (Wildman–Crippen MR) is 87.1 cm³/mol. The zero-order valence-corrected chi connectivity index (χ0v) is 13.9. The number of rotatable bonds is 5.